The van der Waals surface area contributed by atoms with Crippen molar-refractivity contribution in [3.8, 4) is 17.1 Å². The Labute approximate surface area is 200 Å². The van der Waals surface area contributed by atoms with E-state index < -0.39 is 16.0 Å². The lowest BCUT2D eigenvalue weighted by Gasteiger charge is -2.18. The Bertz CT molecular complexity index is 1510. The van der Waals surface area contributed by atoms with E-state index >= 15 is 0 Å². The molecule has 5 rings (SSSR count). The molecule has 4 aromatic rings. The number of carboxylic acid groups (broad SMARTS) is 1. The third-order valence-electron chi connectivity index (χ3n) is 5.73. The Morgan fingerprint density at radius 2 is 1.91 bits per heavy atom. The van der Waals surface area contributed by atoms with Crippen LogP contribution in [0.4, 0.5) is 5.69 Å². The number of anilines is 1. The van der Waals surface area contributed by atoms with Crippen molar-refractivity contribution in [1.82, 2.24) is 19.3 Å². The number of halogens is 1. The normalized spacial score (nSPS) is 13.7. The Morgan fingerprint density at radius 1 is 1.18 bits per heavy atom. The number of aromatic carboxylic acids is 1. The third-order valence-corrected chi connectivity index (χ3v) is 7.47. The van der Waals surface area contributed by atoms with Crippen LogP contribution in [0, 0.1) is 0 Å². The SMILES string of the molecule is Cn1ncnc1-c1cc(NS(=O)(=O)c2cc(C(=O)O)ccc2C2CC2)c(-n2cccc2)cc1Cl. The molecule has 0 spiro atoms. The number of aryl methyl sites for hydroxylation is 1. The van der Waals surface area contributed by atoms with E-state index in [1.807, 2.05) is 12.1 Å². The molecule has 1 saturated carbocycles. The highest BCUT2D eigenvalue weighted by molar-refractivity contribution is 7.92. The third kappa shape index (κ3) is 4.06. The van der Waals surface area contributed by atoms with E-state index in [1.165, 1.54) is 23.1 Å². The second kappa shape index (κ2) is 8.30. The maximum Gasteiger partial charge on any atom is 0.335 e. The van der Waals surface area contributed by atoms with E-state index in [0.29, 0.717) is 27.7 Å². The minimum absolute atomic E-state index is 0.0384. The van der Waals surface area contributed by atoms with E-state index in [2.05, 4.69) is 14.8 Å². The Kier molecular flexibility index (Phi) is 5.41. The Hall–Kier alpha value is -3.63. The van der Waals surface area contributed by atoms with Gasteiger partial charge in [-0.05, 0) is 60.7 Å². The van der Waals surface area contributed by atoms with Crippen LogP contribution in [-0.2, 0) is 17.1 Å². The van der Waals surface area contributed by atoms with E-state index in [1.54, 1.807) is 42.2 Å². The van der Waals surface area contributed by atoms with Gasteiger partial charge in [-0.25, -0.2) is 22.9 Å². The number of carboxylic acids is 1. The van der Waals surface area contributed by atoms with Crippen LogP contribution in [0.3, 0.4) is 0 Å². The van der Waals surface area contributed by atoms with Gasteiger partial charge in [-0.1, -0.05) is 17.7 Å². The van der Waals surface area contributed by atoms with Crippen LogP contribution in [-0.4, -0.2) is 38.8 Å². The fraction of sp³-hybridized carbons (Fsp3) is 0.174. The molecular weight excluding hydrogens is 478 g/mol. The van der Waals surface area contributed by atoms with Gasteiger partial charge >= 0.3 is 5.97 Å². The molecule has 0 bridgehead atoms. The molecule has 1 fully saturated rings. The monoisotopic (exact) mass is 497 g/mol. The molecule has 0 atom stereocenters. The molecular formula is C23H20ClN5O4S. The van der Waals surface area contributed by atoms with E-state index in [9.17, 15) is 18.3 Å². The highest BCUT2D eigenvalue weighted by atomic mass is 35.5. The standard InChI is InChI=1S/C23H20ClN5O4S/c1-28-22(25-13-26-28)17-11-19(20(12-18(17)24)29-8-2-3-9-29)27-34(32,33)21-10-15(23(30)31)6-7-16(21)14-4-5-14/h2-3,6-14,27H,4-5H2,1H3,(H,30,31). The van der Waals surface area contributed by atoms with Gasteiger partial charge in [-0.2, -0.15) is 5.10 Å². The van der Waals surface area contributed by atoms with Crippen molar-refractivity contribution in [1.29, 1.82) is 0 Å². The second-order valence-electron chi connectivity index (χ2n) is 8.08. The van der Waals surface area contributed by atoms with Gasteiger partial charge in [-0.3, -0.25) is 4.72 Å². The van der Waals surface area contributed by atoms with Gasteiger partial charge in [0.25, 0.3) is 10.0 Å². The number of hydrogen-bond donors (Lipinski definition) is 2. The molecule has 174 valence electrons. The summed E-state index contributed by atoms with van der Waals surface area (Å²) in [5.41, 5.74) is 1.79. The molecule has 2 aromatic heterocycles. The predicted molar refractivity (Wildman–Crippen MR) is 127 cm³/mol. The fourth-order valence-electron chi connectivity index (χ4n) is 3.90. The molecule has 2 N–H and O–H groups in total. The average molecular weight is 498 g/mol. The zero-order valence-corrected chi connectivity index (χ0v) is 19.6. The fourth-order valence-corrected chi connectivity index (χ4v) is 5.53. The van der Waals surface area contributed by atoms with Crippen LogP contribution in [0.5, 0.6) is 0 Å². The average Bonchev–Trinajstić information content (AvgIpc) is 3.32. The second-order valence-corrected chi connectivity index (χ2v) is 10.1. The van der Waals surface area contributed by atoms with Crippen molar-refractivity contribution < 1.29 is 18.3 Å². The number of rotatable bonds is 7. The predicted octanol–water partition coefficient (Wildman–Crippen LogP) is 4.30. The summed E-state index contributed by atoms with van der Waals surface area (Å²) in [5.74, 6) is -0.628. The van der Waals surface area contributed by atoms with Crippen LogP contribution in [0.2, 0.25) is 5.02 Å². The first-order valence-electron chi connectivity index (χ1n) is 10.5. The molecule has 0 amide bonds. The van der Waals surface area contributed by atoms with E-state index in [4.69, 9.17) is 11.6 Å². The summed E-state index contributed by atoms with van der Waals surface area (Å²) in [4.78, 5) is 15.7. The van der Waals surface area contributed by atoms with Gasteiger partial charge < -0.3 is 9.67 Å². The summed E-state index contributed by atoms with van der Waals surface area (Å²) >= 11 is 6.56. The minimum Gasteiger partial charge on any atom is -0.478 e. The number of nitrogens with one attached hydrogen (secondary N) is 1. The van der Waals surface area contributed by atoms with Gasteiger partial charge in [0.05, 0.1) is 26.9 Å². The van der Waals surface area contributed by atoms with Gasteiger partial charge in [-0.15, -0.1) is 0 Å². The maximum absolute atomic E-state index is 13.6. The van der Waals surface area contributed by atoms with Crippen LogP contribution < -0.4 is 4.72 Å². The Balaban J connectivity index is 1.66. The zero-order valence-electron chi connectivity index (χ0n) is 18.0. The van der Waals surface area contributed by atoms with Gasteiger partial charge in [0.2, 0.25) is 0 Å². The van der Waals surface area contributed by atoms with Crippen molar-refractivity contribution >= 4 is 33.3 Å². The van der Waals surface area contributed by atoms with Gasteiger partial charge in [0.1, 0.15) is 6.33 Å². The first-order chi connectivity index (χ1) is 16.2. The maximum atomic E-state index is 13.6. The number of sulfonamides is 1. The molecule has 1 aliphatic carbocycles. The lowest BCUT2D eigenvalue weighted by molar-refractivity contribution is 0.0696. The van der Waals surface area contributed by atoms with Crippen molar-refractivity contribution in [3.63, 3.8) is 0 Å². The van der Waals surface area contributed by atoms with Gasteiger partial charge in [0.15, 0.2) is 5.82 Å². The van der Waals surface area contributed by atoms with Crippen molar-refractivity contribution in [3.05, 3.63) is 77.3 Å². The first-order valence-corrected chi connectivity index (χ1v) is 12.3. The van der Waals surface area contributed by atoms with Gasteiger partial charge in [0, 0.05) is 25.0 Å². The van der Waals surface area contributed by atoms with Crippen molar-refractivity contribution in [2.24, 2.45) is 7.05 Å². The topological polar surface area (TPSA) is 119 Å². The molecule has 11 heteroatoms. The lowest BCUT2D eigenvalue weighted by atomic mass is 10.1. The van der Waals surface area contributed by atoms with E-state index in [0.717, 1.165) is 12.8 Å². The molecule has 34 heavy (non-hydrogen) atoms. The zero-order chi connectivity index (χ0) is 24.0. The van der Waals surface area contributed by atoms with Crippen LogP contribution >= 0.6 is 11.6 Å². The summed E-state index contributed by atoms with van der Waals surface area (Å²) in [6.45, 7) is 0. The highest BCUT2D eigenvalue weighted by Gasteiger charge is 2.32. The van der Waals surface area contributed by atoms with Crippen molar-refractivity contribution in [2.75, 3.05) is 4.72 Å². The molecule has 0 aliphatic heterocycles. The molecule has 0 saturated heterocycles. The largest absolute Gasteiger partial charge is 0.478 e. The number of carbonyl (C=O) groups is 1. The summed E-state index contributed by atoms with van der Waals surface area (Å²) in [6.07, 6.45) is 6.65. The number of nitrogens with zero attached hydrogens (tertiary/aromatic N) is 4. The smallest absolute Gasteiger partial charge is 0.335 e. The number of aromatic nitrogens is 4. The van der Waals surface area contributed by atoms with Crippen LogP contribution in [0.1, 0.15) is 34.7 Å². The molecule has 9 nitrogen and oxygen atoms in total. The first kappa shape index (κ1) is 22.2. The van der Waals surface area contributed by atoms with Crippen molar-refractivity contribution in [2.45, 2.75) is 23.7 Å². The van der Waals surface area contributed by atoms with Crippen LogP contribution in [0.15, 0.2) is 66.1 Å². The summed E-state index contributed by atoms with van der Waals surface area (Å²) in [6, 6.07) is 11.1. The quantitative estimate of drug-likeness (QED) is 0.393. The minimum atomic E-state index is -4.14. The molecule has 2 aromatic carbocycles. The molecule has 0 radical (unpaired) electrons. The lowest BCUT2D eigenvalue weighted by Crippen LogP contribution is -2.17. The molecule has 1 aliphatic rings. The molecule has 2 heterocycles. The van der Waals surface area contributed by atoms with E-state index in [-0.39, 0.29) is 22.1 Å². The highest BCUT2D eigenvalue weighted by Crippen LogP contribution is 2.44. The summed E-state index contributed by atoms with van der Waals surface area (Å²) in [7, 11) is -2.43. The summed E-state index contributed by atoms with van der Waals surface area (Å²) in [5, 5.41) is 13.9. The molecule has 0 unspecified atom stereocenters. The Morgan fingerprint density at radius 3 is 2.53 bits per heavy atom. The number of hydrogen-bond acceptors (Lipinski definition) is 5. The van der Waals surface area contributed by atoms with Crippen LogP contribution in [0.25, 0.3) is 17.1 Å². The number of benzene rings is 2. The summed E-state index contributed by atoms with van der Waals surface area (Å²) < 4.78 is 33.2.